The summed E-state index contributed by atoms with van der Waals surface area (Å²) >= 11 is 0. The summed E-state index contributed by atoms with van der Waals surface area (Å²) < 4.78 is 51.1. The first-order valence-corrected chi connectivity index (χ1v) is 9.18. The number of benzene rings is 2. The molecule has 0 saturated heterocycles. The van der Waals surface area contributed by atoms with E-state index in [-0.39, 0.29) is 17.0 Å². The number of oxazole rings is 1. The molecule has 0 bridgehead atoms. The largest absolute Gasteiger partial charge is 1.00 e. The van der Waals surface area contributed by atoms with Crippen molar-refractivity contribution >= 4 is 0 Å². The molecular formula is C23H18BrF3N2O2. The number of nitrogens with zero attached hydrogens (tertiary/aromatic N) is 2. The first kappa shape index (κ1) is 22.6. The zero-order valence-electron chi connectivity index (χ0n) is 16.4. The van der Waals surface area contributed by atoms with Crippen LogP contribution >= 0.6 is 0 Å². The molecule has 8 heteroatoms. The van der Waals surface area contributed by atoms with Crippen molar-refractivity contribution in [1.82, 2.24) is 4.98 Å². The predicted molar refractivity (Wildman–Crippen MR) is 105 cm³/mol. The molecule has 0 aliphatic rings. The monoisotopic (exact) mass is 490 g/mol. The molecule has 0 aliphatic heterocycles. The van der Waals surface area contributed by atoms with Crippen LogP contribution in [-0.4, -0.2) is 12.1 Å². The van der Waals surface area contributed by atoms with E-state index in [2.05, 4.69) is 4.98 Å². The summed E-state index contributed by atoms with van der Waals surface area (Å²) in [6, 6.07) is 16.3. The lowest BCUT2D eigenvalue weighted by molar-refractivity contribution is -0.687. The Labute approximate surface area is 187 Å². The quantitative estimate of drug-likeness (QED) is 0.403. The summed E-state index contributed by atoms with van der Waals surface area (Å²) in [4.78, 5) is 4.36. The molecule has 0 fully saturated rings. The molecule has 0 aliphatic carbocycles. The van der Waals surface area contributed by atoms with E-state index in [4.69, 9.17) is 9.15 Å². The Morgan fingerprint density at radius 2 is 1.68 bits per heavy atom. The fourth-order valence-corrected chi connectivity index (χ4v) is 3.05. The molecule has 2 aromatic heterocycles. The lowest BCUT2D eigenvalue weighted by atomic mass is 10.1. The summed E-state index contributed by atoms with van der Waals surface area (Å²) in [6.07, 6.45) is 1.01. The van der Waals surface area contributed by atoms with Crippen LogP contribution in [-0.2, 0) is 12.7 Å². The molecule has 2 aromatic carbocycles. The third-order valence-electron chi connectivity index (χ3n) is 4.63. The van der Waals surface area contributed by atoms with Gasteiger partial charge in [-0.2, -0.15) is 17.7 Å². The number of alkyl halides is 3. The van der Waals surface area contributed by atoms with Crippen molar-refractivity contribution in [3.8, 4) is 28.5 Å². The molecular weight excluding hydrogens is 473 g/mol. The van der Waals surface area contributed by atoms with Gasteiger partial charge in [0.25, 0.3) is 0 Å². The summed E-state index contributed by atoms with van der Waals surface area (Å²) in [7, 11) is 1.61. The van der Waals surface area contributed by atoms with Crippen LogP contribution in [0.2, 0.25) is 0 Å². The molecule has 0 saturated carbocycles. The van der Waals surface area contributed by atoms with E-state index in [1.165, 1.54) is 12.1 Å². The third kappa shape index (κ3) is 5.32. The average molecular weight is 491 g/mol. The minimum atomic E-state index is -4.34. The minimum absolute atomic E-state index is 0. The molecule has 2 heterocycles. The standard InChI is InChI=1S/C23H18F3N2O2.BrH/c1-29-20-10-6-17(7-11-20)21-13-27-22(30-21)18-3-2-12-28(15-18)14-16-4-8-19(9-5-16)23(24,25)26;/h2-13,15H,14H2,1H3;1H/q+1;/p-1. The fraction of sp³-hybridized carbons (Fsp3) is 0.130. The Morgan fingerprint density at radius 3 is 2.32 bits per heavy atom. The number of halogens is 4. The van der Waals surface area contributed by atoms with Gasteiger partial charge in [0.15, 0.2) is 24.7 Å². The van der Waals surface area contributed by atoms with Crippen molar-refractivity contribution in [2.75, 3.05) is 7.11 Å². The van der Waals surface area contributed by atoms with Crippen molar-refractivity contribution in [1.29, 1.82) is 0 Å². The topological polar surface area (TPSA) is 39.1 Å². The van der Waals surface area contributed by atoms with Crippen LogP contribution in [0.1, 0.15) is 11.1 Å². The minimum Gasteiger partial charge on any atom is -1.00 e. The summed E-state index contributed by atoms with van der Waals surface area (Å²) in [5.74, 6) is 1.85. The van der Waals surface area contributed by atoms with Crippen LogP contribution < -0.4 is 26.3 Å². The van der Waals surface area contributed by atoms with Crippen LogP contribution in [0.4, 0.5) is 13.2 Å². The second-order valence-electron chi connectivity index (χ2n) is 6.72. The zero-order valence-corrected chi connectivity index (χ0v) is 18.0. The van der Waals surface area contributed by atoms with Crippen LogP contribution in [0.25, 0.3) is 22.8 Å². The number of hydrogen-bond acceptors (Lipinski definition) is 3. The molecule has 4 rings (SSSR count). The van der Waals surface area contributed by atoms with Gasteiger partial charge >= 0.3 is 6.18 Å². The van der Waals surface area contributed by atoms with Gasteiger partial charge in [-0.05, 0) is 42.5 Å². The van der Waals surface area contributed by atoms with E-state index in [0.29, 0.717) is 18.2 Å². The number of rotatable bonds is 5. The van der Waals surface area contributed by atoms with Crippen molar-refractivity contribution < 1.29 is 43.9 Å². The van der Waals surface area contributed by atoms with Gasteiger partial charge < -0.3 is 26.1 Å². The smallest absolute Gasteiger partial charge is 0.416 e. The SMILES string of the molecule is COc1ccc(-c2cnc(-c3ccc[n+](Cc4ccc(C(F)(F)F)cc4)c3)o2)cc1.[Br-]. The van der Waals surface area contributed by atoms with Crippen LogP contribution in [0.15, 0.2) is 83.7 Å². The molecule has 0 N–H and O–H groups in total. The Kier molecular flexibility index (Phi) is 6.80. The van der Waals surface area contributed by atoms with E-state index in [1.807, 2.05) is 53.4 Å². The number of methoxy groups -OCH3 is 1. The number of hydrogen-bond donors (Lipinski definition) is 0. The van der Waals surface area contributed by atoms with Crippen molar-refractivity contribution in [2.24, 2.45) is 0 Å². The second kappa shape index (κ2) is 9.34. The Morgan fingerprint density at radius 1 is 0.968 bits per heavy atom. The Bertz CT molecular complexity index is 1140. The number of aromatic nitrogens is 2. The zero-order chi connectivity index (χ0) is 21.1. The normalized spacial score (nSPS) is 11.1. The van der Waals surface area contributed by atoms with Gasteiger partial charge in [0.1, 0.15) is 11.3 Å². The van der Waals surface area contributed by atoms with Gasteiger partial charge in [-0.15, -0.1) is 0 Å². The average Bonchev–Trinajstić information content (AvgIpc) is 3.24. The maximum Gasteiger partial charge on any atom is 0.416 e. The highest BCUT2D eigenvalue weighted by molar-refractivity contribution is 5.61. The molecule has 0 atom stereocenters. The van der Waals surface area contributed by atoms with Crippen molar-refractivity contribution in [3.63, 3.8) is 0 Å². The van der Waals surface area contributed by atoms with Crippen LogP contribution in [0.5, 0.6) is 5.75 Å². The first-order chi connectivity index (χ1) is 14.4. The molecule has 0 radical (unpaired) electrons. The first-order valence-electron chi connectivity index (χ1n) is 9.18. The number of ether oxygens (including phenoxy) is 1. The molecule has 0 amide bonds. The second-order valence-corrected chi connectivity index (χ2v) is 6.72. The predicted octanol–water partition coefficient (Wildman–Crippen LogP) is 2.38. The molecule has 4 nitrogen and oxygen atoms in total. The molecule has 160 valence electrons. The van der Waals surface area contributed by atoms with E-state index < -0.39 is 11.7 Å². The summed E-state index contributed by atoms with van der Waals surface area (Å²) in [5.41, 5.74) is 1.75. The van der Waals surface area contributed by atoms with Crippen LogP contribution in [0.3, 0.4) is 0 Å². The van der Waals surface area contributed by atoms with Gasteiger partial charge in [-0.1, -0.05) is 12.1 Å². The maximum absolute atomic E-state index is 12.7. The summed E-state index contributed by atoms with van der Waals surface area (Å²) in [5, 5.41) is 0. The van der Waals surface area contributed by atoms with E-state index in [9.17, 15) is 13.2 Å². The Balaban J connectivity index is 0.00000272. The lowest BCUT2D eigenvalue weighted by Gasteiger charge is -2.06. The van der Waals surface area contributed by atoms with E-state index in [1.54, 1.807) is 13.3 Å². The molecule has 0 spiro atoms. The van der Waals surface area contributed by atoms with Crippen LogP contribution in [0, 0.1) is 0 Å². The molecule has 31 heavy (non-hydrogen) atoms. The van der Waals surface area contributed by atoms with E-state index in [0.717, 1.165) is 34.6 Å². The highest BCUT2D eigenvalue weighted by Crippen LogP contribution is 2.29. The lowest BCUT2D eigenvalue weighted by Crippen LogP contribution is -3.00. The van der Waals surface area contributed by atoms with Gasteiger partial charge in [0.2, 0.25) is 5.89 Å². The van der Waals surface area contributed by atoms with Gasteiger partial charge in [0, 0.05) is 17.2 Å². The Hall–Kier alpha value is -3.13. The van der Waals surface area contributed by atoms with Gasteiger partial charge in [0.05, 0.1) is 18.9 Å². The molecule has 4 aromatic rings. The maximum atomic E-state index is 12.7. The van der Waals surface area contributed by atoms with Crippen molar-refractivity contribution in [2.45, 2.75) is 12.7 Å². The summed E-state index contributed by atoms with van der Waals surface area (Å²) in [6.45, 7) is 0.429. The van der Waals surface area contributed by atoms with Crippen molar-refractivity contribution in [3.05, 3.63) is 90.4 Å². The van der Waals surface area contributed by atoms with Gasteiger partial charge in [-0.25, -0.2) is 4.98 Å². The highest BCUT2D eigenvalue weighted by Gasteiger charge is 2.30. The third-order valence-corrected chi connectivity index (χ3v) is 4.63. The molecule has 0 unspecified atom stereocenters. The van der Waals surface area contributed by atoms with E-state index >= 15 is 0 Å². The van der Waals surface area contributed by atoms with Gasteiger partial charge in [-0.3, -0.25) is 0 Å². The highest BCUT2D eigenvalue weighted by atomic mass is 79.9. The number of pyridine rings is 1. The fourth-order valence-electron chi connectivity index (χ4n) is 3.05.